The molecule has 88 valence electrons. The molecule has 0 aliphatic carbocycles. The van der Waals surface area contributed by atoms with Gasteiger partial charge in [-0.05, 0) is 39.5 Å². The number of hydrogen-bond acceptors (Lipinski definition) is 3. The summed E-state index contributed by atoms with van der Waals surface area (Å²) in [7, 11) is 0. The molecule has 1 aromatic heterocycles. The maximum absolute atomic E-state index is 10.9. The van der Waals surface area contributed by atoms with Crippen LogP contribution >= 0.6 is 38.9 Å². The zero-order valence-corrected chi connectivity index (χ0v) is 11.8. The normalized spacial score (nSPS) is 10.2. The summed E-state index contributed by atoms with van der Waals surface area (Å²) in [5.41, 5.74) is 0.391. The molecule has 2 aromatic rings. The summed E-state index contributed by atoms with van der Waals surface area (Å²) in [6, 6.07) is 7.12. The Morgan fingerprint density at radius 2 is 2.24 bits per heavy atom. The Kier molecular flexibility index (Phi) is 4.20. The molecule has 0 amide bonds. The minimum Gasteiger partial charge on any atom is -0.487 e. The van der Waals surface area contributed by atoms with Gasteiger partial charge < -0.3 is 4.74 Å². The first-order valence-corrected chi connectivity index (χ1v) is 6.86. The monoisotopic (exact) mass is 330 g/mol. The van der Waals surface area contributed by atoms with Crippen molar-refractivity contribution < 1.29 is 9.53 Å². The van der Waals surface area contributed by atoms with Crippen molar-refractivity contribution in [2.45, 2.75) is 6.61 Å². The summed E-state index contributed by atoms with van der Waals surface area (Å²) in [5.74, 6) is 0.507. The van der Waals surface area contributed by atoms with Crippen LogP contribution in [0.4, 0.5) is 0 Å². The summed E-state index contributed by atoms with van der Waals surface area (Å²) in [6.45, 7) is 0.416. The second kappa shape index (κ2) is 5.67. The molecule has 2 nitrogen and oxygen atoms in total. The smallest absolute Gasteiger partial charge is 0.155 e. The molecule has 0 saturated heterocycles. The van der Waals surface area contributed by atoms with Gasteiger partial charge in [0.25, 0.3) is 0 Å². The molecule has 0 saturated carbocycles. The highest BCUT2D eigenvalue weighted by molar-refractivity contribution is 9.10. The zero-order chi connectivity index (χ0) is 12.3. The molecule has 0 N–H and O–H groups in total. The van der Waals surface area contributed by atoms with Gasteiger partial charge in [-0.2, -0.15) is 0 Å². The fourth-order valence-electron chi connectivity index (χ4n) is 1.33. The van der Waals surface area contributed by atoms with E-state index in [1.807, 2.05) is 11.4 Å². The molecule has 0 aliphatic heterocycles. The van der Waals surface area contributed by atoms with Gasteiger partial charge in [0.15, 0.2) is 6.29 Å². The lowest BCUT2D eigenvalue weighted by Crippen LogP contribution is -1.97. The second-order valence-electron chi connectivity index (χ2n) is 3.25. The van der Waals surface area contributed by atoms with Gasteiger partial charge in [0, 0.05) is 4.47 Å². The Labute approximate surface area is 116 Å². The molecule has 0 bridgehead atoms. The summed E-state index contributed by atoms with van der Waals surface area (Å²) in [4.78, 5) is 12.0. The van der Waals surface area contributed by atoms with Crippen LogP contribution in [-0.2, 0) is 6.61 Å². The third kappa shape index (κ3) is 2.89. The molecule has 0 unspecified atom stereocenters. The van der Waals surface area contributed by atoms with E-state index in [-0.39, 0.29) is 0 Å². The minimum absolute atomic E-state index is 0.391. The van der Waals surface area contributed by atoms with Crippen LogP contribution in [0.25, 0.3) is 0 Å². The third-order valence-corrected chi connectivity index (χ3v) is 4.41. The van der Waals surface area contributed by atoms with Gasteiger partial charge in [-0.1, -0.05) is 17.7 Å². The van der Waals surface area contributed by atoms with Crippen molar-refractivity contribution in [2.75, 3.05) is 0 Å². The van der Waals surface area contributed by atoms with E-state index in [2.05, 4.69) is 15.9 Å². The van der Waals surface area contributed by atoms with Crippen LogP contribution in [0.2, 0.25) is 5.02 Å². The molecule has 0 radical (unpaired) electrons. The first-order valence-electron chi connectivity index (χ1n) is 4.80. The van der Waals surface area contributed by atoms with Gasteiger partial charge >= 0.3 is 0 Å². The Hall–Kier alpha value is -0.840. The predicted molar refractivity (Wildman–Crippen MR) is 73.2 cm³/mol. The van der Waals surface area contributed by atoms with E-state index in [0.717, 1.165) is 9.35 Å². The van der Waals surface area contributed by atoms with Gasteiger partial charge in [-0.25, -0.2) is 0 Å². The zero-order valence-electron chi connectivity index (χ0n) is 8.65. The van der Waals surface area contributed by atoms with Gasteiger partial charge in [0.05, 0.1) is 15.5 Å². The highest BCUT2D eigenvalue weighted by Gasteiger charge is 2.08. The molecule has 1 heterocycles. The van der Waals surface area contributed by atoms with E-state index in [9.17, 15) is 4.79 Å². The molecular formula is C12H8BrClO2S. The number of rotatable bonds is 4. The summed E-state index contributed by atoms with van der Waals surface area (Å²) < 4.78 is 6.61. The fraction of sp³-hybridized carbons (Fsp3) is 0.0833. The molecule has 5 heteroatoms. The van der Waals surface area contributed by atoms with Crippen LogP contribution in [0, 0.1) is 0 Å². The number of carbonyl (C=O) groups is 1. The molecule has 17 heavy (non-hydrogen) atoms. The van der Waals surface area contributed by atoms with Crippen LogP contribution in [0.15, 0.2) is 34.1 Å². The van der Waals surface area contributed by atoms with Crippen molar-refractivity contribution in [3.05, 3.63) is 49.6 Å². The van der Waals surface area contributed by atoms with E-state index in [1.165, 1.54) is 0 Å². The van der Waals surface area contributed by atoms with E-state index < -0.39 is 0 Å². The number of benzene rings is 1. The number of ether oxygens (including phenoxy) is 1. The Balaban J connectivity index is 2.17. The van der Waals surface area contributed by atoms with Crippen molar-refractivity contribution in [1.29, 1.82) is 0 Å². The van der Waals surface area contributed by atoms with Gasteiger partial charge in [0.2, 0.25) is 0 Å². The number of thiophene rings is 1. The van der Waals surface area contributed by atoms with Crippen LogP contribution in [-0.4, -0.2) is 6.29 Å². The second-order valence-corrected chi connectivity index (χ2v) is 5.51. The van der Waals surface area contributed by atoms with Crippen LogP contribution in [0.5, 0.6) is 5.75 Å². The van der Waals surface area contributed by atoms with Crippen LogP contribution in [0.1, 0.15) is 15.2 Å². The number of carbonyl (C=O) groups excluding carboxylic acids is 1. The van der Waals surface area contributed by atoms with Gasteiger partial charge in [-0.3, -0.25) is 4.79 Å². The van der Waals surface area contributed by atoms with Crippen LogP contribution in [0.3, 0.4) is 0 Å². The lowest BCUT2D eigenvalue weighted by molar-refractivity contribution is 0.111. The molecule has 0 atom stereocenters. The van der Waals surface area contributed by atoms with Crippen LogP contribution < -0.4 is 4.74 Å². The summed E-state index contributed by atoms with van der Waals surface area (Å²) >= 11 is 10.9. The molecular weight excluding hydrogens is 324 g/mol. The number of halogens is 2. The standard InChI is InChI=1S/C12H8BrClO2S/c13-9-4-5-17-12(9)7-16-11-3-1-2-10(14)8(11)6-15/h1-6H,7H2. The minimum atomic E-state index is 0.391. The highest BCUT2D eigenvalue weighted by Crippen LogP contribution is 2.28. The molecule has 1 aromatic carbocycles. The summed E-state index contributed by atoms with van der Waals surface area (Å²) in [5, 5.41) is 2.38. The number of aldehydes is 1. The van der Waals surface area contributed by atoms with E-state index in [1.54, 1.807) is 29.5 Å². The molecule has 0 spiro atoms. The fourth-order valence-corrected chi connectivity index (χ4v) is 2.92. The molecule has 0 aliphatic rings. The average Bonchev–Trinajstić information content (AvgIpc) is 2.72. The SMILES string of the molecule is O=Cc1c(Cl)cccc1OCc1sccc1Br. The van der Waals surface area contributed by atoms with E-state index >= 15 is 0 Å². The van der Waals surface area contributed by atoms with Crippen molar-refractivity contribution in [3.8, 4) is 5.75 Å². The van der Waals surface area contributed by atoms with E-state index in [4.69, 9.17) is 16.3 Å². The maximum Gasteiger partial charge on any atom is 0.155 e. The van der Waals surface area contributed by atoms with E-state index in [0.29, 0.717) is 29.2 Å². The first kappa shape index (κ1) is 12.6. The Bertz CT molecular complexity index is 539. The predicted octanol–water partition coefficient (Wildman–Crippen LogP) is 4.56. The topological polar surface area (TPSA) is 26.3 Å². The largest absolute Gasteiger partial charge is 0.487 e. The van der Waals surface area contributed by atoms with Gasteiger partial charge in [0.1, 0.15) is 12.4 Å². The van der Waals surface area contributed by atoms with Crippen molar-refractivity contribution >= 4 is 45.2 Å². The number of hydrogen-bond donors (Lipinski definition) is 0. The lowest BCUT2D eigenvalue weighted by atomic mass is 10.2. The highest BCUT2D eigenvalue weighted by atomic mass is 79.9. The average molecular weight is 332 g/mol. The Morgan fingerprint density at radius 3 is 2.88 bits per heavy atom. The Morgan fingerprint density at radius 1 is 1.41 bits per heavy atom. The maximum atomic E-state index is 10.9. The van der Waals surface area contributed by atoms with Crippen molar-refractivity contribution in [1.82, 2.24) is 0 Å². The quantitative estimate of drug-likeness (QED) is 0.768. The first-order chi connectivity index (χ1) is 8.22. The molecule has 2 rings (SSSR count). The third-order valence-electron chi connectivity index (χ3n) is 2.18. The molecule has 0 fully saturated rings. The van der Waals surface area contributed by atoms with Crippen molar-refractivity contribution in [2.24, 2.45) is 0 Å². The van der Waals surface area contributed by atoms with Gasteiger partial charge in [-0.15, -0.1) is 11.3 Å². The lowest BCUT2D eigenvalue weighted by Gasteiger charge is -2.08. The summed E-state index contributed by atoms with van der Waals surface area (Å²) in [6.07, 6.45) is 0.709. The van der Waals surface area contributed by atoms with Crippen molar-refractivity contribution in [3.63, 3.8) is 0 Å².